The molecule has 13 heteroatoms. The number of aliphatic imine (C=N–C) groups is 1. The van der Waals surface area contributed by atoms with Gasteiger partial charge in [0.1, 0.15) is 17.3 Å². The van der Waals surface area contributed by atoms with E-state index < -0.39 is 11.5 Å². The molecule has 2 aliphatic carbocycles. The van der Waals surface area contributed by atoms with Gasteiger partial charge in [0.05, 0.1) is 29.1 Å². The lowest BCUT2D eigenvalue weighted by atomic mass is 9.83. The molecule has 1 saturated heterocycles. The molecule has 3 fully saturated rings. The quantitative estimate of drug-likeness (QED) is 0.0835. The van der Waals surface area contributed by atoms with Crippen LogP contribution in [-0.2, 0) is 4.74 Å². The fraction of sp³-hybridized carbons (Fsp3) is 0.378. The third kappa shape index (κ3) is 7.39. The first-order valence-electron chi connectivity index (χ1n) is 20.3. The number of imidazole rings is 1. The Morgan fingerprint density at radius 2 is 1.88 bits per heavy atom. The number of carbonyl (C=O) groups excluding carboxylic acids is 1. The van der Waals surface area contributed by atoms with Crippen LogP contribution in [0, 0.1) is 23.0 Å². The van der Waals surface area contributed by atoms with Crippen molar-refractivity contribution in [3.63, 3.8) is 0 Å². The second kappa shape index (κ2) is 14.8. The molecular formula is C45H48F2N8O3. The zero-order valence-corrected chi connectivity index (χ0v) is 32.8. The first kappa shape index (κ1) is 37.7. The Bertz CT molecular complexity index is 2570. The van der Waals surface area contributed by atoms with Crippen molar-refractivity contribution in [2.24, 2.45) is 16.6 Å². The molecule has 1 unspecified atom stereocenters. The van der Waals surface area contributed by atoms with Crippen molar-refractivity contribution >= 4 is 40.2 Å². The Morgan fingerprint density at radius 1 is 1.05 bits per heavy atom. The summed E-state index contributed by atoms with van der Waals surface area (Å²) >= 11 is 0. The number of nitrogens with one attached hydrogen (secondary N) is 3. The molecule has 9 rings (SSSR count). The van der Waals surface area contributed by atoms with Crippen molar-refractivity contribution in [2.75, 3.05) is 31.6 Å². The van der Waals surface area contributed by atoms with Crippen LogP contribution in [0.2, 0.25) is 0 Å². The topological polar surface area (TPSA) is 147 Å². The average Bonchev–Trinajstić information content (AvgIpc) is 4.15. The van der Waals surface area contributed by atoms with Gasteiger partial charge in [0.25, 0.3) is 5.91 Å². The van der Waals surface area contributed by atoms with Crippen molar-refractivity contribution < 1.29 is 18.3 Å². The largest absolute Gasteiger partial charge is 0.402 e. The summed E-state index contributed by atoms with van der Waals surface area (Å²) < 4.78 is 39.4. The number of benzene rings is 3. The summed E-state index contributed by atoms with van der Waals surface area (Å²) in [7, 11) is 0. The van der Waals surface area contributed by atoms with Crippen LogP contribution in [0.15, 0.2) is 88.0 Å². The van der Waals surface area contributed by atoms with E-state index in [0.717, 1.165) is 55.6 Å². The maximum atomic E-state index is 16.1. The highest BCUT2D eigenvalue weighted by molar-refractivity contribution is 6.04. The summed E-state index contributed by atoms with van der Waals surface area (Å²) in [5.74, 6) is -0.0860. The van der Waals surface area contributed by atoms with Crippen LogP contribution in [0.1, 0.15) is 97.8 Å². The predicted molar refractivity (Wildman–Crippen MR) is 222 cm³/mol. The highest BCUT2D eigenvalue weighted by Gasteiger charge is 2.32. The summed E-state index contributed by atoms with van der Waals surface area (Å²) in [6, 6.07) is 16.0. The normalized spacial score (nSPS) is 19.8. The highest BCUT2D eigenvalue weighted by Crippen LogP contribution is 2.42. The van der Waals surface area contributed by atoms with E-state index >= 15 is 4.39 Å². The minimum atomic E-state index is -0.711. The Hall–Kier alpha value is -5.82. The Labute approximate surface area is 335 Å². The number of nitrogens with zero attached hydrogens (tertiary/aromatic N) is 4. The Kier molecular flexibility index (Phi) is 9.66. The molecule has 5 N–H and O–H groups in total. The number of anilines is 1. The lowest BCUT2D eigenvalue weighted by Gasteiger charge is -2.35. The summed E-state index contributed by atoms with van der Waals surface area (Å²) in [5, 5.41) is 12.2. The lowest BCUT2D eigenvalue weighted by Crippen LogP contribution is -2.42. The molecule has 0 bridgehead atoms. The number of aromatic nitrogens is 3. The molecule has 2 aromatic heterocycles. The SMILES string of the molecule is CC1(C)CC(c2ccc3[nH]c(C(=O)N4CCC(N)=C(C(=Nc5ccc(F)c(C6CC6)c5)n5ccn(-c6ccc(NCC7CC7)c(C=N)c6F)c5=O)C4)cc3c2)CCO1. The maximum absolute atomic E-state index is 16.1. The van der Waals surface area contributed by atoms with E-state index in [0.29, 0.717) is 71.9 Å². The molecular weight excluding hydrogens is 739 g/mol. The standard InChI is InChI=1S/C45H48F2N8O3/c1-45(2)22-29(14-18-58-45)28-7-10-37-30(19-28)20-39(52-37)43(56)53-15-13-36(49)34(25-53)42(51-31-8-9-35(46)32(21-31)27-5-6-27)55-17-16-54(44(55)57)40-12-11-38(33(23-48)41(40)47)50-24-26-3-4-26/h7-12,16-17,19-21,23,26-27,29,48,50,52H,3-6,13-15,18,22,24-25,49H2,1-2H3. The smallest absolute Gasteiger partial charge is 0.338 e. The van der Waals surface area contributed by atoms with Gasteiger partial charge in [-0.1, -0.05) is 6.07 Å². The molecule has 0 radical (unpaired) electrons. The lowest BCUT2D eigenvalue weighted by molar-refractivity contribution is -0.0592. The number of hydrogen-bond acceptors (Lipinski definition) is 7. The fourth-order valence-electron chi connectivity index (χ4n) is 8.43. The van der Waals surface area contributed by atoms with Crippen molar-refractivity contribution in [2.45, 2.75) is 76.2 Å². The number of ether oxygens (including phenoxy) is 1. The fourth-order valence-corrected chi connectivity index (χ4v) is 8.43. The average molecular weight is 787 g/mol. The van der Waals surface area contributed by atoms with Gasteiger partial charge in [0.15, 0.2) is 5.82 Å². The number of amides is 1. The minimum Gasteiger partial charge on any atom is -0.402 e. The second-order valence-electron chi connectivity index (χ2n) is 16.9. The van der Waals surface area contributed by atoms with E-state index in [2.05, 4.69) is 36.3 Å². The van der Waals surface area contributed by atoms with E-state index in [1.807, 2.05) is 12.1 Å². The number of carbonyl (C=O) groups is 1. The van der Waals surface area contributed by atoms with E-state index in [9.17, 15) is 14.0 Å². The second-order valence-corrected chi connectivity index (χ2v) is 16.9. The molecule has 2 saturated carbocycles. The number of rotatable bonds is 10. The van der Waals surface area contributed by atoms with Crippen LogP contribution in [-0.4, -0.2) is 68.8 Å². The summed E-state index contributed by atoms with van der Waals surface area (Å²) in [5.41, 5.74) is 10.8. The Morgan fingerprint density at radius 3 is 2.64 bits per heavy atom. The van der Waals surface area contributed by atoms with Gasteiger partial charge in [-0.3, -0.25) is 13.9 Å². The molecule has 0 spiro atoms. The molecule has 11 nitrogen and oxygen atoms in total. The van der Waals surface area contributed by atoms with Crippen molar-refractivity contribution in [3.8, 4) is 5.69 Å². The van der Waals surface area contributed by atoms with Crippen LogP contribution in [0.4, 0.5) is 20.2 Å². The number of nitrogens with two attached hydrogens (primary N) is 1. The van der Waals surface area contributed by atoms with Crippen LogP contribution in [0.5, 0.6) is 0 Å². The van der Waals surface area contributed by atoms with Gasteiger partial charge in [-0.05, 0) is 130 Å². The molecule has 4 heterocycles. The first-order valence-corrected chi connectivity index (χ1v) is 20.3. The van der Waals surface area contributed by atoms with Crippen molar-refractivity contribution in [3.05, 3.63) is 123 Å². The summed E-state index contributed by atoms with van der Waals surface area (Å²) in [6.45, 7) is 6.02. The molecule has 58 heavy (non-hydrogen) atoms. The number of H-pyrrole nitrogens is 1. The van der Waals surface area contributed by atoms with Crippen LogP contribution >= 0.6 is 0 Å². The van der Waals surface area contributed by atoms with Crippen LogP contribution in [0.25, 0.3) is 16.6 Å². The zero-order chi connectivity index (χ0) is 40.3. The number of hydrogen-bond donors (Lipinski definition) is 4. The van der Waals surface area contributed by atoms with E-state index in [1.54, 1.807) is 23.1 Å². The maximum Gasteiger partial charge on any atom is 0.338 e. The molecule has 1 atom stereocenters. The minimum absolute atomic E-state index is 0.0266. The Balaban J connectivity index is 1.05. The number of fused-ring (bicyclic) bond motifs is 1. The van der Waals surface area contributed by atoms with Gasteiger partial charge in [-0.25, -0.2) is 18.6 Å². The summed E-state index contributed by atoms with van der Waals surface area (Å²) in [6.07, 6.45) is 10.1. The van der Waals surface area contributed by atoms with E-state index in [-0.39, 0.29) is 46.9 Å². The van der Waals surface area contributed by atoms with Gasteiger partial charge in [0.2, 0.25) is 0 Å². The molecule has 3 aromatic carbocycles. The van der Waals surface area contributed by atoms with Gasteiger partial charge >= 0.3 is 5.69 Å². The number of halogens is 2. The monoisotopic (exact) mass is 786 g/mol. The number of aromatic amines is 1. The van der Waals surface area contributed by atoms with E-state index in [1.165, 1.54) is 39.2 Å². The molecule has 4 aliphatic rings. The summed E-state index contributed by atoms with van der Waals surface area (Å²) in [4.78, 5) is 38.5. The van der Waals surface area contributed by atoms with Gasteiger partial charge in [-0.15, -0.1) is 0 Å². The van der Waals surface area contributed by atoms with Gasteiger partial charge < -0.3 is 31.1 Å². The zero-order valence-electron chi connectivity index (χ0n) is 32.8. The van der Waals surface area contributed by atoms with E-state index in [4.69, 9.17) is 20.9 Å². The molecule has 300 valence electrons. The molecule has 2 aliphatic heterocycles. The highest BCUT2D eigenvalue weighted by atomic mass is 19.1. The third-order valence-corrected chi connectivity index (χ3v) is 12.1. The predicted octanol–water partition coefficient (Wildman–Crippen LogP) is 8.11. The van der Waals surface area contributed by atoms with Crippen molar-refractivity contribution in [1.29, 1.82) is 5.41 Å². The molecule has 5 aromatic rings. The van der Waals surface area contributed by atoms with Crippen molar-refractivity contribution in [1.82, 2.24) is 19.0 Å². The molecule has 1 amide bonds. The van der Waals surface area contributed by atoms with Gasteiger partial charge in [-0.2, -0.15) is 0 Å². The van der Waals surface area contributed by atoms with Gasteiger partial charge in [0, 0.05) is 72.6 Å². The van der Waals surface area contributed by atoms with Crippen LogP contribution < -0.4 is 16.7 Å². The third-order valence-electron chi connectivity index (χ3n) is 12.1. The first-order chi connectivity index (χ1) is 28.0. The van der Waals surface area contributed by atoms with Crippen LogP contribution in [0.3, 0.4) is 0 Å².